The first-order valence-corrected chi connectivity index (χ1v) is 6.71. The van der Waals surface area contributed by atoms with Crippen molar-refractivity contribution in [1.29, 1.82) is 0 Å². The second-order valence-electron chi connectivity index (χ2n) is 4.50. The van der Waals surface area contributed by atoms with Crippen LogP contribution in [-0.2, 0) is 6.61 Å². The third-order valence-corrected chi connectivity index (χ3v) is 3.23. The molecular weight excluding hydrogens is 276 g/mol. The van der Waals surface area contributed by atoms with Gasteiger partial charge in [0.2, 0.25) is 0 Å². The normalized spacial score (nSPS) is 12.0. The van der Waals surface area contributed by atoms with Crippen LogP contribution in [0.1, 0.15) is 24.2 Å². The van der Waals surface area contributed by atoms with Gasteiger partial charge in [0.15, 0.2) is 11.5 Å². The molecule has 3 nitrogen and oxygen atoms in total. The maximum Gasteiger partial charge on any atom is 0.161 e. The highest BCUT2D eigenvalue weighted by atomic mass is 35.5. The van der Waals surface area contributed by atoms with Crippen LogP contribution in [0.25, 0.3) is 0 Å². The molecule has 2 aromatic rings. The Labute approximate surface area is 123 Å². The van der Waals surface area contributed by atoms with Crippen molar-refractivity contribution in [3.63, 3.8) is 0 Å². The molecule has 0 amide bonds. The zero-order chi connectivity index (χ0) is 14.5. The summed E-state index contributed by atoms with van der Waals surface area (Å²) < 4.78 is 11.0. The molecule has 0 aliphatic heterocycles. The van der Waals surface area contributed by atoms with Gasteiger partial charge in [-0.2, -0.15) is 0 Å². The average molecular weight is 293 g/mol. The van der Waals surface area contributed by atoms with Crippen LogP contribution in [0.5, 0.6) is 11.5 Å². The Bertz CT molecular complexity index is 564. The van der Waals surface area contributed by atoms with E-state index in [2.05, 4.69) is 0 Å². The molecule has 1 atom stereocenters. The smallest absolute Gasteiger partial charge is 0.161 e. The lowest BCUT2D eigenvalue weighted by Gasteiger charge is -2.13. The van der Waals surface area contributed by atoms with Crippen LogP contribution in [0, 0.1) is 0 Å². The Kier molecular flexibility index (Phi) is 4.88. The summed E-state index contributed by atoms with van der Waals surface area (Å²) in [6.45, 7) is 2.14. The van der Waals surface area contributed by atoms with Gasteiger partial charge in [-0.3, -0.25) is 0 Å². The minimum atomic E-state index is -0.533. The quantitative estimate of drug-likeness (QED) is 0.906. The standard InChI is InChI=1S/C16H17ClO3/c1-11(18)13-5-8-15(16(9-13)19-2)20-10-12-3-6-14(17)7-4-12/h3-9,11,18H,10H2,1-2H3. The van der Waals surface area contributed by atoms with Crippen LogP contribution >= 0.6 is 11.6 Å². The van der Waals surface area contributed by atoms with Gasteiger partial charge in [0.1, 0.15) is 6.61 Å². The van der Waals surface area contributed by atoms with Crippen LogP contribution in [0.4, 0.5) is 0 Å². The van der Waals surface area contributed by atoms with Crippen LogP contribution in [0.3, 0.4) is 0 Å². The fourth-order valence-electron chi connectivity index (χ4n) is 1.80. The number of halogens is 1. The number of hydrogen-bond acceptors (Lipinski definition) is 3. The van der Waals surface area contributed by atoms with E-state index in [0.29, 0.717) is 23.1 Å². The molecule has 0 heterocycles. The highest BCUT2D eigenvalue weighted by molar-refractivity contribution is 6.30. The zero-order valence-electron chi connectivity index (χ0n) is 11.5. The van der Waals surface area contributed by atoms with Gasteiger partial charge in [0, 0.05) is 5.02 Å². The number of ether oxygens (including phenoxy) is 2. The Morgan fingerprint density at radius 3 is 2.40 bits per heavy atom. The lowest BCUT2D eigenvalue weighted by Crippen LogP contribution is -1.99. The van der Waals surface area contributed by atoms with Crippen LogP contribution in [0.2, 0.25) is 5.02 Å². The summed E-state index contributed by atoms with van der Waals surface area (Å²) >= 11 is 5.84. The average Bonchev–Trinajstić information content (AvgIpc) is 2.46. The van der Waals surface area contributed by atoms with Crippen LogP contribution in [-0.4, -0.2) is 12.2 Å². The predicted octanol–water partition coefficient (Wildman–Crippen LogP) is 3.98. The third-order valence-electron chi connectivity index (χ3n) is 2.98. The molecule has 0 aromatic heterocycles. The molecule has 0 saturated carbocycles. The molecule has 2 rings (SSSR count). The van der Waals surface area contributed by atoms with Crippen molar-refractivity contribution < 1.29 is 14.6 Å². The molecule has 0 bridgehead atoms. The Morgan fingerprint density at radius 1 is 1.10 bits per heavy atom. The minimum absolute atomic E-state index is 0.432. The maximum absolute atomic E-state index is 9.56. The fourth-order valence-corrected chi connectivity index (χ4v) is 1.93. The summed E-state index contributed by atoms with van der Waals surface area (Å²) in [5, 5.41) is 10.3. The van der Waals surface area contributed by atoms with Crippen molar-refractivity contribution in [2.24, 2.45) is 0 Å². The van der Waals surface area contributed by atoms with E-state index in [1.807, 2.05) is 30.3 Å². The summed E-state index contributed by atoms with van der Waals surface area (Å²) in [6.07, 6.45) is -0.533. The highest BCUT2D eigenvalue weighted by Crippen LogP contribution is 2.30. The summed E-state index contributed by atoms with van der Waals surface area (Å²) in [4.78, 5) is 0. The molecule has 1 N–H and O–H groups in total. The molecule has 2 aromatic carbocycles. The van der Waals surface area contributed by atoms with E-state index in [1.54, 1.807) is 26.2 Å². The van der Waals surface area contributed by atoms with Crippen molar-refractivity contribution in [3.8, 4) is 11.5 Å². The van der Waals surface area contributed by atoms with Gasteiger partial charge in [-0.05, 0) is 42.3 Å². The molecular formula is C16H17ClO3. The summed E-state index contributed by atoms with van der Waals surface area (Å²) in [5.74, 6) is 1.25. The van der Waals surface area contributed by atoms with Crippen LogP contribution < -0.4 is 9.47 Å². The number of methoxy groups -OCH3 is 1. The maximum atomic E-state index is 9.56. The number of hydrogen-bond donors (Lipinski definition) is 1. The molecule has 0 radical (unpaired) electrons. The first kappa shape index (κ1) is 14.7. The van der Waals surface area contributed by atoms with E-state index < -0.39 is 6.10 Å². The van der Waals surface area contributed by atoms with Gasteiger partial charge in [-0.25, -0.2) is 0 Å². The van der Waals surface area contributed by atoms with Gasteiger partial charge in [0.05, 0.1) is 13.2 Å². The zero-order valence-corrected chi connectivity index (χ0v) is 12.2. The molecule has 20 heavy (non-hydrogen) atoms. The fraction of sp³-hybridized carbons (Fsp3) is 0.250. The van der Waals surface area contributed by atoms with Crippen molar-refractivity contribution in [2.45, 2.75) is 19.6 Å². The Morgan fingerprint density at radius 2 is 1.80 bits per heavy atom. The van der Waals surface area contributed by atoms with Crippen molar-refractivity contribution >= 4 is 11.6 Å². The van der Waals surface area contributed by atoms with Gasteiger partial charge in [0.25, 0.3) is 0 Å². The monoisotopic (exact) mass is 292 g/mol. The second kappa shape index (κ2) is 6.64. The first-order chi connectivity index (χ1) is 9.60. The largest absolute Gasteiger partial charge is 0.493 e. The lowest BCUT2D eigenvalue weighted by atomic mass is 10.1. The number of rotatable bonds is 5. The van der Waals surface area contributed by atoms with Gasteiger partial charge < -0.3 is 14.6 Å². The molecule has 1 unspecified atom stereocenters. The first-order valence-electron chi connectivity index (χ1n) is 6.33. The molecule has 4 heteroatoms. The van der Waals surface area contributed by atoms with E-state index in [0.717, 1.165) is 11.1 Å². The lowest BCUT2D eigenvalue weighted by molar-refractivity contribution is 0.198. The predicted molar refractivity (Wildman–Crippen MR) is 79.4 cm³/mol. The molecule has 0 aliphatic rings. The number of benzene rings is 2. The van der Waals surface area contributed by atoms with Crippen molar-refractivity contribution in [2.75, 3.05) is 7.11 Å². The Balaban J connectivity index is 2.10. The topological polar surface area (TPSA) is 38.7 Å². The summed E-state index contributed by atoms with van der Waals surface area (Å²) in [7, 11) is 1.58. The van der Waals surface area contributed by atoms with Crippen molar-refractivity contribution in [1.82, 2.24) is 0 Å². The molecule has 0 fully saturated rings. The third kappa shape index (κ3) is 3.65. The SMILES string of the molecule is COc1cc(C(C)O)ccc1OCc1ccc(Cl)cc1. The van der Waals surface area contributed by atoms with E-state index in [-0.39, 0.29) is 0 Å². The van der Waals surface area contributed by atoms with E-state index in [4.69, 9.17) is 21.1 Å². The van der Waals surface area contributed by atoms with Gasteiger partial charge in [-0.15, -0.1) is 0 Å². The second-order valence-corrected chi connectivity index (χ2v) is 4.94. The summed E-state index contributed by atoms with van der Waals surface area (Å²) in [5.41, 5.74) is 1.82. The number of aliphatic hydroxyl groups excluding tert-OH is 1. The molecule has 0 aliphatic carbocycles. The molecule has 106 valence electrons. The van der Waals surface area contributed by atoms with E-state index >= 15 is 0 Å². The van der Waals surface area contributed by atoms with E-state index in [1.165, 1.54) is 0 Å². The Hall–Kier alpha value is -1.71. The van der Waals surface area contributed by atoms with Crippen molar-refractivity contribution in [3.05, 3.63) is 58.6 Å². The van der Waals surface area contributed by atoms with Gasteiger partial charge >= 0.3 is 0 Å². The summed E-state index contributed by atoms with van der Waals surface area (Å²) in [6, 6.07) is 12.9. The van der Waals surface area contributed by atoms with Gasteiger partial charge in [-0.1, -0.05) is 29.8 Å². The molecule has 0 saturated heterocycles. The highest BCUT2D eigenvalue weighted by Gasteiger charge is 2.09. The number of aliphatic hydroxyl groups is 1. The van der Waals surface area contributed by atoms with Crippen LogP contribution in [0.15, 0.2) is 42.5 Å². The van der Waals surface area contributed by atoms with E-state index in [9.17, 15) is 5.11 Å². The molecule has 0 spiro atoms. The minimum Gasteiger partial charge on any atom is -0.493 e.